The molecule has 8 heteroatoms. The summed E-state index contributed by atoms with van der Waals surface area (Å²) < 4.78 is 55.1. The van der Waals surface area contributed by atoms with E-state index < -0.39 is 35.5 Å². The van der Waals surface area contributed by atoms with E-state index in [1.807, 2.05) is 0 Å². The van der Waals surface area contributed by atoms with E-state index in [-0.39, 0.29) is 11.3 Å². The standard InChI is InChI=1S/C17H13F4NO3/c1-10(25-16(24)11-2-6-13(18)7-3-11)15(23)22-14-8-4-12(5-9-14)17(19,20)21/h2-10H,1H3,(H,22,23)/t10-/m1/s1. The van der Waals surface area contributed by atoms with E-state index in [1.165, 1.54) is 19.1 Å². The van der Waals surface area contributed by atoms with Gasteiger partial charge < -0.3 is 10.1 Å². The Bertz CT molecular complexity index is 755. The predicted octanol–water partition coefficient (Wildman–Crippen LogP) is 4.03. The fourth-order valence-corrected chi connectivity index (χ4v) is 1.85. The van der Waals surface area contributed by atoms with Gasteiger partial charge in [0.1, 0.15) is 5.82 Å². The van der Waals surface area contributed by atoms with Gasteiger partial charge in [-0.1, -0.05) is 0 Å². The van der Waals surface area contributed by atoms with E-state index in [9.17, 15) is 27.2 Å². The van der Waals surface area contributed by atoms with Crippen molar-refractivity contribution in [3.8, 4) is 0 Å². The van der Waals surface area contributed by atoms with E-state index in [4.69, 9.17) is 4.74 Å². The highest BCUT2D eigenvalue weighted by molar-refractivity contribution is 5.97. The number of halogens is 4. The summed E-state index contributed by atoms with van der Waals surface area (Å²) in [6, 6.07) is 8.39. The summed E-state index contributed by atoms with van der Waals surface area (Å²) in [4.78, 5) is 23.8. The molecule has 4 nitrogen and oxygen atoms in total. The van der Waals surface area contributed by atoms with Gasteiger partial charge in [-0.05, 0) is 55.5 Å². The van der Waals surface area contributed by atoms with Gasteiger partial charge in [-0.25, -0.2) is 9.18 Å². The van der Waals surface area contributed by atoms with Gasteiger partial charge in [-0.3, -0.25) is 4.79 Å². The van der Waals surface area contributed by atoms with Crippen LogP contribution in [0.5, 0.6) is 0 Å². The quantitative estimate of drug-likeness (QED) is 0.666. The van der Waals surface area contributed by atoms with Gasteiger partial charge in [0.15, 0.2) is 6.10 Å². The molecule has 2 rings (SSSR count). The maximum Gasteiger partial charge on any atom is 0.416 e. The molecule has 2 aromatic carbocycles. The van der Waals surface area contributed by atoms with E-state index in [0.29, 0.717) is 0 Å². The first-order chi connectivity index (χ1) is 11.7. The van der Waals surface area contributed by atoms with Crippen molar-refractivity contribution < 1.29 is 31.9 Å². The zero-order valence-corrected chi connectivity index (χ0v) is 12.9. The first-order valence-corrected chi connectivity index (χ1v) is 7.11. The van der Waals surface area contributed by atoms with E-state index in [0.717, 1.165) is 36.4 Å². The van der Waals surface area contributed by atoms with Crippen molar-refractivity contribution in [1.29, 1.82) is 0 Å². The van der Waals surface area contributed by atoms with Crippen LogP contribution in [0.25, 0.3) is 0 Å². The van der Waals surface area contributed by atoms with Crippen LogP contribution in [0, 0.1) is 5.82 Å². The van der Waals surface area contributed by atoms with E-state index >= 15 is 0 Å². The molecule has 0 aliphatic rings. The number of amides is 1. The highest BCUT2D eigenvalue weighted by Gasteiger charge is 2.30. The number of ether oxygens (including phenoxy) is 1. The number of benzene rings is 2. The van der Waals surface area contributed by atoms with Crippen molar-refractivity contribution in [1.82, 2.24) is 0 Å². The molecule has 0 saturated carbocycles. The molecule has 0 saturated heterocycles. The minimum absolute atomic E-state index is 0.0654. The molecule has 0 spiro atoms. The molecular weight excluding hydrogens is 342 g/mol. The van der Waals surface area contributed by atoms with Gasteiger partial charge in [0.2, 0.25) is 0 Å². The Morgan fingerprint density at radius 3 is 2.08 bits per heavy atom. The Balaban J connectivity index is 1.95. The van der Waals surface area contributed by atoms with Crippen LogP contribution in [0.15, 0.2) is 48.5 Å². The molecule has 1 atom stereocenters. The second-order valence-electron chi connectivity index (χ2n) is 5.12. The van der Waals surface area contributed by atoms with Crippen molar-refractivity contribution in [3.05, 3.63) is 65.5 Å². The Hall–Kier alpha value is -2.90. The van der Waals surface area contributed by atoms with Crippen LogP contribution in [0.1, 0.15) is 22.8 Å². The zero-order valence-electron chi connectivity index (χ0n) is 12.9. The zero-order chi connectivity index (χ0) is 18.6. The highest BCUT2D eigenvalue weighted by Crippen LogP contribution is 2.29. The lowest BCUT2D eigenvalue weighted by molar-refractivity contribution is -0.137. The molecule has 0 aliphatic heterocycles. The molecule has 2 aromatic rings. The van der Waals surface area contributed by atoms with Crippen LogP contribution >= 0.6 is 0 Å². The molecule has 0 heterocycles. The molecule has 0 unspecified atom stereocenters. The van der Waals surface area contributed by atoms with Gasteiger partial charge in [-0.15, -0.1) is 0 Å². The smallest absolute Gasteiger partial charge is 0.416 e. The monoisotopic (exact) mass is 355 g/mol. The van der Waals surface area contributed by atoms with Crippen LogP contribution in [0.4, 0.5) is 23.2 Å². The first-order valence-electron chi connectivity index (χ1n) is 7.11. The summed E-state index contributed by atoms with van der Waals surface area (Å²) in [7, 11) is 0. The topological polar surface area (TPSA) is 55.4 Å². The van der Waals surface area contributed by atoms with Crippen LogP contribution < -0.4 is 5.32 Å². The van der Waals surface area contributed by atoms with E-state index in [1.54, 1.807) is 0 Å². The van der Waals surface area contributed by atoms with Crippen LogP contribution in [-0.4, -0.2) is 18.0 Å². The Kier molecular flexibility index (Phi) is 5.41. The lowest BCUT2D eigenvalue weighted by Crippen LogP contribution is -2.30. The van der Waals surface area contributed by atoms with Crippen LogP contribution in [0.3, 0.4) is 0 Å². The number of rotatable bonds is 4. The molecule has 1 amide bonds. The van der Waals surface area contributed by atoms with Crippen molar-refractivity contribution in [3.63, 3.8) is 0 Å². The summed E-state index contributed by atoms with van der Waals surface area (Å²) in [6.45, 7) is 1.31. The summed E-state index contributed by atoms with van der Waals surface area (Å²) in [5.41, 5.74) is -0.653. The second-order valence-corrected chi connectivity index (χ2v) is 5.12. The minimum Gasteiger partial charge on any atom is -0.449 e. The molecular formula is C17H13F4NO3. The lowest BCUT2D eigenvalue weighted by Gasteiger charge is -2.14. The predicted molar refractivity (Wildman–Crippen MR) is 81.4 cm³/mol. The van der Waals surface area contributed by atoms with Gasteiger partial charge in [0.25, 0.3) is 5.91 Å². The molecule has 0 bridgehead atoms. The second kappa shape index (κ2) is 7.33. The van der Waals surface area contributed by atoms with Crippen LogP contribution in [-0.2, 0) is 15.7 Å². The van der Waals surface area contributed by atoms with Gasteiger partial charge >= 0.3 is 12.1 Å². The SMILES string of the molecule is C[C@@H](OC(=O)c1ccc(F)cc1)C(=O)Nc1ccc(C(F)(F)F)cc1. The van der Waals surface area contributed by atoms with Crippen molar-refractivity contribution >= 4 is 17.6 Å². The number of alkyl halides is 3. The molecule has 25 heavy (non-hydrogen) atoms. The lowest BCUT2D eigenvalue weighted by atomic mass is 10.2. The largest absolute Gasteiger partial charge is 0.449 e. The van der Waals surface area contributed by atoms with Crippen molar-refractivity contribution in [2.75, 3.05) is 5.32 Å². The molecule has 1 N–H and O–H groups in total. The number of hydrogen-bond donors (Lipinski definition) is 1. The maximum absolute atomic E-state index is 12.8. The third-order valence-corrected chi connectivity index (χ3v) is 3.21. The number of carbonyl (C=O) groups is 2. The number of carbonyl (C=O) groups excluding carboxylic acids is 2. The van der Waals surface area contributed by atoms with Crippen LogP contribution in [0.2, 0.25) is 0 Å². The van der Waals surface area contributed by atoms with Gasteiger partial charge in [0, 0.05) is 5.69 Å². The average molecular weight is 355 g/mol. The third kappa shape index (κ3) is 5.03. The molecule has 0 aromatic heterocycles. The van der Waals surface area contributed by atoms with Gasteiger partial charge in [-0.2, -0.15) is 13.2 Å². The molecule has 132 valence electrons. The summed E-state index contributed by atoms with van der Waals surface area (Å²) in [5, 5.41) is 2.34. The summed E-state index contributed by atoms with van der Waals surface area (Å²) in [6.07, 6.45) is -5.67. The number of anilines is 1. The third-order valence-electron chi connectivity index (χ3n) is 3.21. The van der Waals surface area contributed by atoms with Gasteiger partial charge in [0.05, 0.1) is 11.1 Å². The Morgan fingerprint density at radius 1 is 1.00 bits per heavy atom. The first kappa shape index (κ1) is 18.4. The summed E-state index contributed by atoms with van der Waals surface area (Å²) in [5.74, 6) is -2.06. The fourth-order valence-electron chi connectivity index (χ4n) is 1.85. The minimum atomic E-state index is -4.47. The Labute approximate surface area is 140 Å². The summed E-state index contributed by atoms with van der Waals surface area (Å²) >= 11 is 0. The number of esters is 1. The molecule has 0 fully saturated rings. The van der Waals surface area contributed by atoms with Crippen molar-refractivity contribution in [2.45, 2.75) is 19.2 Å². The normalized spacial score (nSPS) is 12.4. The Morgan fingerprint density at radius 2 is 1.56 bits per heavy atom. The average Bonchev–Trinajstić information content (AvgIpc) is 2.55. The molecule has 0 radical (unpaired) electrons. The number of hydrogen-bond acceptors (Lipinski definition) is 3. The fraction of sp³-hybridized carbons (Fsp3) is 0.176. The molecule has 0 aliphatic carbocycles. The van der Waals surface area contributed by atoms with E-state index in [2.05, 4.69) is 5.32 Å². The van der Waals surface area contributed by atoms with Crippen molar-refractivity contribution in [2.24, 2.45) is 0 Å². The number of nitrogens with one attached hydrogen (secondary N) is 1. The highest BCUT2D eigenvalue weighted by atomic mass is 19.4. The maximum atomic E-state index is 12.8.